The summed E-state index contributed by atoms with van der Waals surface area (Å²) >= 11 is 1.38. The van der Waals surface area contributed by atoms with Crippen LogP contribution in [0.2, 0.25) is 0 Å². The van der Waals surface area contributed by atoms with Gasteiger partial charge in [0, 0.05) is 17.5 Å². The molecule has 2 N–H and O–H groups in total. The molecule has 0 saturated carbocycles. The summed E-state index contributed by atoms with van der Waals surface area (Å²) in [6.45, 7) is 0. The molecule has 130 valence electrons. The lowest BCUT2D eigenvalue weighted by molar-refractivity contribution is -0.136. The maximum absolute atomic E-state index is 12.2. The zero-order chi connectivity index (χ0) is 18.2. The average molecular weight is 358 g/mol. The molecule has 2 aromatic carbocycles. The van der Waals surface area contributed by atoms with Crippen LogP contribution in [0, 0.1) is 0 Å². The zero-order valence-corrected chi connectivity index (χ0v) is 14.5. The Labute approximate surface area is 149 Å². The van der Waals surface area contributed by atoms with Crippen LogP contribution < -0.4 is 5.32 Å². The molecule has 0 unspecified atom stereocenters. The minimum atomic E-state index is -0.876. The highest BCUT2D eigenvalue weighted by Crippen LogP contribution is 2.17. The van der Waals surface area contributed by atoms with Gasteiger partial charge in [0.05, 0.1) is 12.3 Å². The van der Waals surface area contributed by atoms with Gasteiger partial charge in [-0.1, -0.05) is 30.3 Å². The van der Waals surface area contributed by atoms with Crippen molar-refractivity contribution in [2.24, 2.45) is 0 Å². The van der Waals surface area contributed by atoms with E-state index in [4.69, 9.17) is 5.11 Å². The van der Waals surface area contributed by atoms with E-state index in [1.165, 1.54) is 18.8 Å². The first-order valence-corrected chi connectivity index (χ1v) is 8.50. The second-order valence-electron chi connectivity index (χ2n) is 5.22. The molecule has 2 rings (SSSR count). The van der Waals surface area contributed by atoms with E-state index in [9.17, 15) is 14.4 Å². The predicted octanol–water partition coefficient (Wildman–Crippen LogP) is 2.85. The number of thioether (sulfide) groups is 1. The summed E-state index contributed by atoms with van der Waals surface area (Å²) in [5, 5.41) is 11.4. The third-order valence-corrected chi connectivity index (χ3v) is 4.27. The van der Waals surface area contributed by atoms with Gasteiger partial charge in [-0.3, -0.25) is 14.5 Å². The van der Waals surface area contributed by atoms with Gasteiger partial charge in [-0.2, -0.15) is 0 Å². The maximum atomic E-state index is 12.2. The number of nitrogens with one attached hydrogen (secondary N) is 1. The lowest BCUT2D eigenvalue weighted by atomic mass is 10.2. The van der Waals surface area contributed by atoms with Gasteiger partial charge in [-0.25, -0.2) is 4.79 Å². The number of hydrogen-bond donors (Lipinski definition) is 2. The van der Waals surface area contributed by atoms with Crippen LogP contribution in [0.15, 0.2) is 59.5 Å². The van der Waals surface area contributed by atoms with E-state index in [-0.39, 0.29) is 12.3 Å². The largest absolute Gasteiger partial charge is 0.481 e. The molecule has 7 heteroatoms. The Balaban J connectivity index is 1.81. The van der Waals surface area contributed by atoms with Gasteiger partial charge in [0.2, 0.25) is 0 Å². The van der Waals surface area contributed by atoms with Crippen LogP contribution in [-0.2, 0) is 11.2 Å². The molecule has 0 saturated heterocycles. The molecule has 0 aliphatic heterocycles. The normalized spacial score (nSPS) is 10.1. The summed E-state index contributed by atoms with van der Waals surface area (Å²) in [6, 6.07) is 15.2. The maximum Gasteiger partial charge on any atom is 0.324 e. The zero-order valence-electron chi connectivity index (χ0n) is 13.6. The molecule has 0 atom stereocenters. The van der Waals surface area contributed by atoms with E-state index in [0.29, 0.717) is 17.0 Å². The Morgan fingerprint density at radius 1 is 1.04 bits per heavy atom. The SMILES string of the molecule is CN(C(=O)NCSc1ccc(CC(=O)O)cc1)C(=O)c1ccccc1. The molecule has 25 heavy (non-hydrogen) atoms. The Bertz CT molecular complexity index is 747. The summed E-state index contributed by atoms with van der Waals surface area (Å²) in [7, 11) is 1.43. The molecule has 0 aromatic heterocycles. The first-order chi connectivity index (χ1) is 12.0. The molecular formula is C18H18N2O4S. The van der Waals surface area contributed by atoms with E-state index < -0.39 is 12.0 Å². The third kappa shape index (κ3) is 5.65. The van der Waals surface area contributed by atoms with Gasteiger partial charge in [0.15, 0.2) is 0 Å². The van der Waals surface area contributed by atoms with E-state index in [2.05, 4.69) is 5.32 Å². The summed E-state index contributed by atoms with van der Waals surface area (Å²) in [5.41, 5.74) is 1.16. The molecule has 0 radical (unpaired) electrons. The van der Waals surface area contributed by atoms with Crippen LogP contribution in [0.1, 0.15) is 15.9 Å². The third-order valence-electron chi connectivity index (χ3n) is 3.37. The molecule has 0 aliphatic carbocycles. The van der Waals surface area contributed by atoms with Crippen LogP contribution in [0.3, 0.4) is 0 Å². The fourth-order valence-electron chi connectivity index (χ4n) is 2.04. The topological polar surface area (TPSA) is 86.7 Å². The number of imide groups is 1. The quantitative estimate of drug-likeness (QED) is 0.612. The Morgan fingerprint density at radius 2 is 1.68 bits per heavy atom. The first kappa shape index (κ1) is 18.5. The number of hydrogen-bond acceptors (Lipinski definition) is 4. The van der Waals surface area contributed by atoms with Crippen molar-refractivity contribution in [1.29, 1.82) is 0 Å². The standard InChI is InChI=1S/C18H18N2O4S/c1-20(17(23)14-5-3-2-4-6-14)18(24)19-12-25-15-9-7-13(8-10-15)11-16(21)22/h2-10H,11-12H2,1H3,(H,19,24)(H,21,22). The van der Waals surface area contributed by atoms with Crippen LogP contribution >= 0.6 is 11.8 Å². The Hall–Kier alpha value is -2.80. The molecule has 0 bridgehead atoms. The van der Waals surface area contributed by atoms with Gasteiger partial charge >= 0.3 is 12.0 Å². The van der Waals surface area contributed by atoms with Gasteiger partial charge in [-0.05, 0) is 29.8 Å². The molecular weight excluding hydrogens is 340 g/mol. The summed E-state index contributed by atoms with van der Waals surface area (Å²) in [4.78, 5) is 36.8. The second-order valence-corrected chi connectivity index (χ2v) is 6.26. The number of nitrogens with zero attached hydrogens (tertiary/aromatic N) is 1. The van der Waals surface area contributed by atoms with Crippen molar-refractivity contribution in [2.75, 3.05) is 12.9 Å². The number of rotatable bonds is 6. The summed E-state index contributed by atoms with van der Waals surface area (Å²) in [5.74, 6) is -0.955. The minimum absolute atomic E-state index is 0.0198. The first-order valence-electron chi connectivity index (χ1n) is 7.52. The molecule has 3 amide bonds. The van der Waals surface area contributed by atoms with Crippen molar-refractivity contribution in [3.8, 4) is 0 Å². The van der Waals surface area contributed by atoms with E-state index >= 15 is 0 Å². The van der Waals surface area contributed by atoms with E-state index in [0.717, 1.165) is 9.80 Å². The average Bonchev–Trinajstić information content (AvgIpc) is 2.62. The number of amides is 3. The second kappa shape index (κ2) is 8.89. The smallest absolute Gasteiger partial charge is 0.324 e. The van der Waals surface area contributed by atoms with Crippen molar-refractivity contribution in [2.45, 2.75) is 11.3 Å². The van der Waals surface area contributed by atoms with Gasteiger partial charge < -0.3 is 10.4 Å². The monoisotopic (exact) mass is 358 g/mol. The van der Waals surface area contributed by atoms with Crippen LogP contribution in [0.25, 0.3) is 0 Å². The number of benzene rings is 2. The number of urea groups is 1. The van der Waals surface area contributed by atoms with Crippen molar-refractivity contribution >= 4 is 29.7 Å². The molecule has 2 aromatic rings. The summed E-state index contributed by atoms with van der Waals surface area (Å²) < 4.78 is 0. The van der Waals surface area contributed by atoms with Crippen molar-refractivity contribution in [3.05, 3.63) is 65.7 Å². The van der Waals surface area contributed by atoms with Gasteiger partial charge in [0.1, 0.15) is 0 Å². The van der Waals surface area contributed by atoms with Crippen molar-refractivity contribution < 1.29 is 19.5 Å². The predicted molar refractivity (Wildman–Crippen MR) is 95.6 cm³/mol. The molecule has 0 heterocycles. The highest BCUT2D eigenvalue weighted by Gasteiger charge is 2.17. The fourth-order valence-corrected chi connectivity index (χ4v) is 2.74. The molecule has 0 fully saturated rings. The fraction of sp³-hybridized carbons (Fsp3) is 0.167. The lowest BCUT2D eigenvalue weighted by Gasteiger charge is -2.16. The van der Waals surface area contributed by atoms with Crippen LogP contribution in [-0.4, -0.2) is 40.8 Å². The van der Waals surface area contributed by atoms with Gasteiger partial charge in [-0.15, -0.1) is 11.8 Å². The summed E-state index contributed by atoms with van der Waals surface area (Å²) in [6.07, 6.45) is -0.0198. The molecule has 0 spiro atoms. The highest BCUT2D eigenvalue weighted by atomic mass is 32.2. The Morgan fingerprint density at radius 3 is 2.28 bits per heavy atom. The van der Waals surface area contributed by atoms with Gasteiger partial charge in [0.25, 0.3) is 5.91 Å². The highest BCUT2D eigenvalue weighted by molar-refractivity contribution is 7.99. The van der Waals surface area contributed by atoms with Crippen molar-refractivity contribution in [3.63, 3.8) is 0 Å². The number of aliphatic carboxylic acids is 1. The van der Waals surface area contributed by atoms with E-state index in [1.807, 2.05) is 0 Å². The van der Waals surface area contributed by atoms with Crippen molar-refractivity contribution in [1.82, 2.24) is 10.2 Å². The number of carbonyl (C=O) groups excluding carboxylic acids is 2. The van der Waals surface area contributed by atoms with E-state index in [1.54, 1.807) is 54.6 Å². The molecule has 0 aliphatic rings. The number of carboxylic acids is 1. The van der Waals surface area contributed by atoms with Crippen LogP contribution in [0.5, 0.6) is 0 Å². The number of carboxylic acid groups (broad SMARTS) is 1. The number of carbonyl (C=O) groups is 3. The molecule has 6 nitrogen and oxygen atoms in total. The lowest BCUT2D eigenvalue weighted by Crippen LogP contribution is -2.40. The Kier molecular flexibility index (Phi) is 6.59. The van der Waals surface area contributed by atoms with Crippen LogP contribution in [0.4, 0.5) is 4.79 Å². The minimum Gasteiger partial charge on any atom is -0.481 e.